The molecule has 3 atom stereocenters. The zero-order chi connectivity index (χ0) is 41.7. The first-order valence-electron chi connectivity index (χ1n) is 20.8. The zero-order valence-electron chi connectivity index (χ0n) is 34.1. The van der Waals surface area contributed by atoms with Crippen molar-refractivity contribution in [1.82, 2.24) is 31.0 Å². The van der Waals surface area contributed by atoms with E-state index in [1.165, 1.54) is 5.56 Å². The Morgan fingerprint density at radius 3 is 1.95 bits per heavy atom. The van der Waals surface area contributed by atoms with Gasteiger partial charge in [-0.05, 0) is 139 Å². The number of nitrogens with zero attached hydrogens (tertiary/aromatic N) is 3. The smallest absolute Gasteiger partial charge is 0.407 e. The molecular weight excluding hydrogens is 771 g/mol. The lowest BCUT2D eigenvalue weighted by molar-refractivity contribution is 0.0697. The van der Waals surface area contributed by atoms with Crippen LogP contribution in [0.1, 0.15) is 125 Å². The molecule has 2 amide bonds. The molecular formula is C43H55N9O6S. The molecule has 4 aromatic rings. The molecule has 8 rings (SSSR count). The molecule has 1 unspecified atom stereocenters. The zero-order valence-corrected chi connectivity index (χ0v) is 35.0. The molecule has 16 heteroatoms. The number of aromatic amines is 2. The molecule has 314 valence electrons. The van der Waals surface area contributed by atoms with Crippen LogP contribution < -0.4 is 21.3 Å². The summed E-state index contributed by atoms with van der Waals surface area (Å²) in [6.45, 7) is 7.65. The number of ether oxygens (including phenoxy) is 2. The summed E-state index contributed by atoms with van der Waals surface area (Å²) >= 11 is 0. The number of carbonyl (C=O) groups is 2. The summed E-state index contributed by atoms with van der Waals surface area (Å²) in [7, 11) is -3.11. The number of sulfone groups is 1. The second-order valence-electron chi connectivity index (χ2n) is 16.7. The number of hydrogen-bond acceptors (Lipinski definition) is 11. The molecule has 2 aromatic carbocycles. The SMILES string of the molecule is CC(C)NC(=O)OC1CCC(c2cc(Nc3ccc4c(c3)CCS4(=O)=O)n[nH]2)CC1.CC(C)NC(=O)O[C@@H]1CC[C@H](c2cc(Nc3ccc4c(c3)C(C#N)CC4)n[nH]2)C1. The first-order chi connectivity index (χ1) is 28.3. The molecule has 15 nitrogen and oxygen atoms in total. The average molecular weight is 826 g/mol. The molecule has 0 saturated heterocycles. The van der Waals surface area contributed by atoms with Gasteiger partial charge in [0.1, 0.15) is 12.2 Å². The summed E-state index contributed by atoms with van der Waals surface area (Å²) in [6, 6.07) is 18.1. The van der Waals surface area contributed by atoms with Gasteiger partial charge in [-0.1, -0.05) is 6.07 Å². The van der Waals surface area contributed by atoms with Crippen LogP contribution in [0.2, 0.25) is 0 Å². The Labute approximate surface area is 345 Å². The van der Waals surface area contributed by atoms with Gasteiger partial charge in [0.05, 0.1) is 22.6 Å². The number of hydrogen-bond donors (Lipinski definition) is 6. The normalized spacial score (nSPS) is 22.7. The molecule has 1 aliphatic heterocycles. The van der Waals surface area contributed by atoms with Crippen LogP contribution in [0.3, 0.4) is 0 Å². The fourth-order valence-corrected chi connectivity index (χ4v) is 10.0. The Kier molecular flexibility index (Phi) is 12.8. The topological polar surface area (TPSA) is 216 Å². The molecule has 6 N–H and O–H groups in total. The van der Waals surface area contributed by atoms with Crippen molar-refractivity contribution in [1.29, 1.82) is 5.26 Å². The summed E-state index contributed by atoms with van der Waals surface area (Å²) in [4.78, 5) is 24.0. The number of nitrogens with one attached hydrogen (secondary N) is 6. The van der Waals surface area contributed by atoms with Crippen LogP contribution >= 0.6 is 0 Å². The molecule has 2 aromatic heterocycles. The minimum atomic E-state index is -3.11. The summed E-state index contributed by atoms with van der Waals surface area (Å²) in [6.07, 6.45) is 7.79. The van der Waals surface area contributed by atoms with Gasteiger partial charge in [-0.2, -0.15) is 15.5 Å². The number of aryl methyl sites for hydroxylation is 2. The van der Waals surface area contributed by atoms with Gasteiger partial charge in [-0.3, -0.25) is 10.2 Å². The Bertz CT molecular complexity index is 2270. The quantitative estimate of drug-likeness (QED) is 0.0898. The molecule has 4 aliphatic rings. The van der Waals surface area contributed by atoms with E-state index in [0.717, 1.165) is 97.5 Å². The fourth-order valence-electron chi connectivity index (χ4n) is 8.50. The predicted octanol–water partition coefficient (Wildman–Crippen LogP) is 8.12. The third-order valence-corrected chi connectivity index (χ3v) is 13.3. The van der Waals surface area contributed by atoms with Crippen molar-refractivity contribution in [3.05, 3.63) is 76.6 Å². The van der Waals surface area contributed by atoms with Crippen LogP contribution in [-0.4, -0.2) is 71.0 Å². The lowest BCUT2D eigenvalue weighted by atomic mass is 9.85. The lowest BCUT2D eigenvalue weighted by Crippen LogP contribution is -2.34. The third kappa shape index (κ3) is 10.6. The number of amides is 2. The van der Waals surface area contributed by atoms with E-state index in [0.29, 0.717) is 29.0 Å². The largest absolute Gasteiger partial charge is 0.446 e. The standard InChI is InChI=1S/C22H27N5O2.C21H28N4O4S/c1-13(2)24-22(28)29-18-8-6-15(9-18)20-11-21(27-26-20)25-17-7-5-14-3-4-16(12-23)19(14)10-17;1-13(2)22-21(26)29-17-6-3-14(4-7-17)18-12-20(25-24-18)23-16-5-8-19-15(11-16)9-10-30(19,27)28/h5,7,10-11,13,15-16,18H,3-4,6,8-9H2,1-2H3,(H,24,28)(H2,25,26,27);5,8,11-14,17H,3-4,6-7,9-10H2,1-2H3,(H,22,26)(H2,23,24,25)/t15-,16?,18+;/m0./s1. The number of anilines is 4. The Hall–Kier alpha value is -5.56. The fraction of sp³-hybridized carbons (Fsp3) is 0.512. The molecule has 2 saturated carbocycles. The van der Waals surface area contributed by atoms with E-state index in [1.54, 1.807) is 12.1 Å². The predicted molar refractivity (Wildman–Crippen MR) is 224 cm³/mol. The van der Waals surface area contributed by atoms with Crippen LogP contribution in [0.25, 0.3) is 0 Å². The highest BCUT2D eigenvalue weighted by Crippen LogP contribution is 2.38. The second kappa shape index (κ2) is 18.1. The number of aromatic nitrogens is 4. The number of benzene rings is 2. The molecule has 3 heterocycles. The van der Waals surface area contributed by atoms with E-state index in [1.807, 2.05) is 52.0 Å². The highest BCUT2D eigenvalue weighted by Gasteiger charge is 2.31. The van der Waals surface area contributed by atoms with E-state index in [9.17, 15) is 23.3 Å². The Morgan fingerprint density at radius 1 is 0.729 bits per heavy atom. The van der Waals surface area contributed by atoms with Gasteiger partial charge in [0.25, 0.3) is 0 Å². The van der Waals surface area contributed by atoms with Gasteiger partial charge in [-0.25, -0.2) is 18.0 Å². The molecule has 0 radical (unpaired) electrons. The number of fused-ring (bicyclic) bond motifs is 2. The van der Waals surface area contributed by atoms with Gasteiger partial charge in [0.2, 0.25) is 0 Å². The minimum Gasteiger partial charge on any atom is -0.446 e. The Balaban J connectivity index is 0.000000179. The van der Waals surface area contributed by atoms with Crippen molar-refractivity contribution in [2.75, 3.05) is 16.4 Å². The number of nitriles is 1. The monoisotopic (exact) mass is 825 g/mol. The number of alkyl carbamates (subject to hydrolysis) is 2. The van der Waals surface area contributed by atoms with Gasteiger partial charge in [0.15, 0.2) is 21.5 Å². The van der Waals surface area contributed by atoms with Crippen molar-refractivity contribution < 1.29 is 27.5 Å². The van der Waals surface area contributed by atoms with Gasteiger partial charge >= 0.3 is 12.2 Å². The summed E-state index contributed by atoms with van der Waals surface area (Å²) in [5.74, 6) is 2.30. The van der Waals surface area contributed by atoms with Crippen molar-refractivity contribution in [3.63, 3.8) is 0 Å². The maximum atomic E-state index is 12.0. The maximum Gasteiger partial charge on any atom is 0.407 e. The van der Waals surface area contributed by atoms with Gasteiger partial charge < -0.3 is 30.7 Å². The lowest BCUT2D eigenvalue weighted by Gasteiger charge is -2.27. The van der Waals surface area contributed by atoms with E-state index >= 15 is 0 Å². The van der Waals surface area contributed by atoms with Crippen LogP contribution in [0.15, 0.2) is 53.4 Å². The minimum absolute atomic E-state index is 0.00943. The molecule has 3 aliphatic carbocycles. The summed E-state index contributed by atoms with van der Waals surface area (Å²) in [5, 5.41) is 36.4. The number of H-pyrrole nitrogens is 2. The van der Waals surface area contributed by atoms with Crippen molar-refractivity contribution in [3.8, 4) is 6.07 Å². The third-order valence-electron chi connectivity index (χ3n) is 11.5. The van der Waals surface area contributed by atoms with Crippen LogP contribution in [0.4, 0.5) is 32.6 Å². The first kappa shape index (κ1) is 41.6. The van der Waals surface area contributed by atoms with Crippen LogP contribution in [0, 0.1) is 11.3 Å². The molecule has 59 heavy (non-hydrogen) atoms. The number of carbonyl (C=O) groups excluding carboxylic acids is 2. The van der Waals surface area contributed by atoms with Gasteiger partial charge in [-0.15, -0.1) is 0 Å². The average Bonchev–Trinajstić information content (AvgIpc) is 4.04. The first-order valence-corrected chi connectivity index (χ1v) is 22.4. The van der Waals surface area contributed by atoms with Crippen molar-refractivity contribution in [2.24, 2.45) is 0 Å². The molecule has 0 bridgehead atoms. The van der Waals surface area contributed by atoms with Crippen LogP contribution in [0.5, 0.6) is 0 Å². The summed E-state index contributed by atoms with van der Waals surface area (Å²) < 4.78 is 34.9. The van der Waals surface area contributed by atoms with E-state index in [-0.39, 0.29) is 48.1 Å². The van der Waals surface area contributed by atoms with Crippen LogP contribution in [-0.2, 0) is 32.2 Å². The van der Waals surface area contributed by atoms with Crippen molar-refractivity contribution in [2.45, 2.75) is 139 Å². The van der Waals surface area contributed by atoms with Crippen molar-refractivity contribution >= 4 is 45.0 Å². The van der Waals surface area contributed by atoms with E-state index in [4.69, 9.17) is 9.47 Å². The number of rotatable bonds is 10. The maximum absolute atomic E-state index is 12.0. The summed E-state index contributed by atoms with van der Waals surface area (Å²) in [5.41, 5.74) is 7.15. The molecule has 2 fully saturated rings. The second-order valence-corrected chi connectivity index (χ2v) is 18.8. The van der Waals surface area contributed by atoms with E-state index in [2.05, 4.69) is 59.9 Å². The highest BCUT2D eigenvalue weighted by atomic mass is 32.2. The highest BCUT2D eigenvalue weighted by molar-refractivity contribution is 7.91. The molecule has 0 spiro atoms. The Morgan fingerprint density at radius 2 is 1.31 bits per heavy atom. The van der Waals surface area contributed by atoms with Gasteiger partial charge in [0, 0.05) is 58.8 Å². The van der Waals surface area contributed by atoms with E-state index < -0.39 is 9.84 Å².